The number of methoxy groups -OCH3 is 1. The van der Waals surface area contributed by atoms with Crippen molar-refractivity contribution in [1.82, 2.24) is 10.2 Å². The number of hydrogen-bond acceptors (Lipinski definition) is 4. The maximum Gasteiger partial charge on any atom is 0.193 e. The molecule has 1 unspecified atom stereocenters. The van der Waals surface area contributed by atoms with Gasteiger partial charge in [0.1, 0.15) is 0 Å². The summed E-state index contributed by atoms with van der Waals surface area (Å²) in [5, 5.41) is 3.42. The Balaban J connectivity index is 2.30. The average Bonchev–Trinajstić information content (AvgIpc) is 2.99. The molecule has 0 spiro atoms. The lowest BCUT2D eigenvalue weighted by Crippen LogP contribution is -2.40. The number of aliphatic imine (C=N–C) groups is 1. The summed E-state index contributed by atoms with van der Waals surface area (Å²) in [6.07, 6.45) is 5.77. The van der Waals surface area contributed by atoms with E-state index in [1.165, 1.54) is 25.0 Å². The van der Waals surface area contributed by atoms with Crippen molar-refractivity contribution < 1.29 is 9.47 Å². The Hall–Kier alpha value is -0.460. The second-order valence-corrected chi connectivity index (χ2v) is 6.59. The van der Waals surface area contributed by atoms with Crippen LogP contribution in [0, 0.1) is 5.92 Å². The predicted octanol–water partition coefficient (Wildman–Crippen LogP) is 2.08. The van der Waals surface area contributed by atoms with Crippen LogP contribution in [-0.2, 0) is 9.47 Å². The topological polar surface area (TPSA) is 46.1 Å². The van der Waals surface area contributed by atoms with E-state index in [0.717, 1.165) is 38.7 Å². The van der Waals surface area contributed by atoms with Gasteiger partial charge in [0.2, 0.25) is 0 Å². The molecule has 0 aliphatic carbocycles. The highest BCUT2D eigenvalue weighted by atomic mass is 32.2. The van der Waals surface area contributed by atoms with Gasteiger partial charge in [-0.15, -0.1) is 0 Å². The van der Waals surface area contributed by atoms with Crippen LogP contribution < -0.4 is 5.32 Å². The molecular weight excluding hydrogens is 298 g/mol. The molecule has 0 aromatic carbocycles. The summed E-state index contributed by atoms with van der Waals surface area (Å²) in [5.41, 5.74) is 0. The highest BCUT2D eigenvalue weighted by Crippen LogP contribution is 2.16. The van der Waals surface area contributed by atoms with Crippen LogP contribution in [-0.4, -0.2) is 76.0 Å². The summed E-state index contributed by atoms with van der Waals surface area (Å²) >= 11 is 1.91. The second kappa shape index (κ2) is 13.0. The fourth-order valence-electron chi connectivity index (χ4n) is 2.52. The van der Waals surface area contributed by atoms with Crippen molar-refractivity contribution in [3.63, 3.8) is 0 Å². The quantitative estimate of drug-likeness (QED) is 0.357. The van der Waals surface area contributed by atoms with Gasteiger partial charge in [0.15, 0.2) is 5.96 Å². The SMILES string of the molecule is CCNC(=NCCCCSC)N1CCC(COCCOC)C1. The van der Waals surface area contributed by atoms with Gasteiger partial charge in [-0.2, -0.15) is 11.8 Å². The Labute approximate surface area is 140 Å². The summed E-state index contributed by atoms with van der Waals surface area (Å²) in [7, 11) is 1.71. The number of nitrogens with zero attached hydrogens (tertiary/aromatic N) is 2. The minimum atomic E-state index is 0.609. The molecule has 0 saturated carbocycles. The van der Waals surface area contributed by atoms with Crippen LogP contribution in [0.1, 0.15) is 26.2 Å². The van der Waals surface area contributed by atoms with E-state index < -0.39 is 0 Å². The van der Waals surface area contributed by atoms with Gasteiger partial charge in [0.05, 0.1) is 19.8 Å². The summed E-state index contributed by atoms with van der Waals surface area (Å²) in [6.45, 7) is 8.30. The maximum atomic E-state index is 5.66. The molecule has 0 amide bonds. The third kappa shape index (κ3) is 8.25. The highest BCUT2D eigenvalue weighted by molar-refractivity contribution is 7.98. The maximum absolute atomic E-state index is 5.66. The molecule has 0 aromatic heterocycles. The van der Waals surface area contributed by atoms with E-state index in [4.69, 9.17) is 14.5 Å². The molecule has 0 bridgehead atoms. The zero-order chi connectivity index (χ0) is 16.0. The minimum absolute atomic E-state index is 0.609. The number of guanidine groups is 1. The second-order valence-electron chi connectivity index (χ2n) is 5.60. The Morgan fingerprint density at radius 1 is 1.36 bits per heavy atom. The van der Waals surface area contributed by atoms with Crippen molar-refractivity contribution in [1.29, 1.82) is 0 Å². The predicted molar refractivity (Wildman–Crippen MR) is 96.0 cm³/mol. The molecule has 1 N–H and O–H groups in total. The summed E-state index contributed by atoms with van der Waals surface area (Å²) in [6, 6.07) is 0. The van der Waals surface area contributed by atoms with Gasteiger partial charge < -0.3 is 19.7 Å². The van der Waals surface area contributed by atoms with Crippen molar-refractivity contribution >= 4 is 17.7 Å². The van der Waals surface area contributed by atoms with Gasteiger partial charge in [-0.25, -0.2) is 0 Å². The molecule has 0 radical (unpaired) electrons. The number of ether oxygens (including phenoxy) is 2. The molecule has 1 rings (SSSR count). The van der Waals surface area contributed by atoms with Crippen LogP contribution in [0.4, 0.5) is 0 Å². The largest absolute Gasteiger partial charge is 0.382 e. The first kappa shape index (κ1) is 19.6. The molecule has 1 saturated heterocycles. The van der Waals surface area contributed by atoms with Crippen molar-refractivity contribution in [2.45, 2.75) is 26.2 Å². The van der Waals surface area contributed by atoms with Crippen molar-refractivity contribution in [2.75, 3.05) is 65.1 Å². The van der Waals surface area contributed by atoms with Crippen molar-refractivity contribution in [2.24, 2.45) is 10.9 Å². The highest BCUT2D eigenvalue weighted by Gasteiger charge is 2.24. The Kier molecular flexibility index (Phi) is 11.6. The normalized spacial score (nSPS) is 19.0. The first-order valence-corrected chi connectivity index (χ1v) is 9.80. The third-order valence-electron chi connectivity index (χ3n) is 3.72. The fraction of sp³-hybridized carbons (Fsp3) is 0.938. The lowest BCUT2D eigenvalue weighted by Gasteiger charge is -2.21. The first-order chi connectivity index (χ1) is 10.8. The summed E-state index contributed by atoms with van der Waals surface area (Å²) < 4.78 is 10.7. The monoisotopic (exact) mass is 331 g/mol. The lowest BCUT2D eigenvalue weighted by molar-refractivity contribution is 0.0536. The standard InChI is InChI=1S/C16H33N3O2S/c1-4-17-16(18-8-5-6-12-22-3)19-9-7-15(13-19)14-21-11-10-20-2/h15H,4-14H2,1-3H3,(H,17,18). The van der Waals surface area contributed by atoms with Gasteiger partial charge >= 0.3 is 0 Å². The zero-order valence-electron chi connectivity index (χ0n) is 14.5. The molecule has 0 aromatic rings. The van der Waals surface area contributed by atoms with Gasteiger partial charge in [0, 0.05) is 39.2 Å². The molecule has 130 valence electrons. The van der Waals surface area contributed by atoms with E-state index in [2.05, 4.69) is 23.4 Å². The van der Waals surface area contributed by atoms with Crippen LogP contribution >= 0.6 is 11.8 Å². The Bertz CT molecular complexity index is 303. The van der Waals surface area contributed by atoms with E-state index in [0.29, 0.717) is 19.1 Å². The van der Waals surface area contributed by atoms with Crippen LogP contribution in [0.25, 0.3) is 0 Å². The minimum Gasteiger partial charge on any atom is -0.382 e. The number of rotatable bonds is 11. The average molecular weight is 332 g/mol. The van der Waals surface area contributed by atoms with Gasteiger partial charge in [-0.3, -0.25) is 4.99 Å². The number of unbranched alkanes of at least 4 members (excludes halogenated alkanes) is 1. The lowest BCUT2D eigenvalue weighted by atomic mass is 10.1. The van der Waals surface area contributed by atoms with E-state index in [-0.39, 0.29) is 0 Å². The number of nitrogens with one attached hydrogen (secondary N) is 1. The van der Waals surface area contributed by atoms with Crippen LogP contribution in [0.2, 0.25) is 0 Å². The molecule has 22 heavy (non-hydrogen) atoms. The molecule has 1 heterocycles. The van der Waals surface area contributed by atoms with E-state index in [1.54, 1.807) is 7.11 Å². The number of thioether (sulfide) groups is 1. The van der Waals surface area contributed by atoms with Crippen LogP contribution in [0.15, 0.2) is 4.99 Å². The summed E-state index contributed by atoms with van der Waals surface area (Å²) in [4.78, 5) is 7.15. The molecule has 6 heteroatoms. The van der Waals surface area contributed by atoms with E-state index in [1.807, 2.05) is 11.8 Å². The number of hydrogen-bond donors (Lipinski definition) is 1. The molecular formula is C16H33N3O2S. The zero-order valence-corrected chi connectivity index (χ0v) is 15.3. The van der Waals surface area contributed by atoms with Crippen LogP contribution in [0.3, 0.4) is 0 Å². The van der Waals surface area contributed by atoms with Crippen molar-refractivity contribution in [3.8, 4) is 0 Å². The van der Waals surface area contributed by atoms with Crippen LogP contribution in [0.5, 0.6) is 0 Å². The Morgan fingerprint density at radius 3 is 2.95 bits per heavy atom. The van der Waals surface area contributed by atoms with E-state index in [9.17, 15) is 0 Å². The molecule has 5 nitrogen and oxygen atoms in total. The molecule has 1 fully saturated rings. The molecule has 1 atom stereocenters. The first-order valence-electron chi connectivity index (χ1n) is 8.40. The Morgan fingerprint density at radius 2 is 2.23 bits per heavy atom. The van der Waals surface area contributed by atoms with Crippen molar-refractivity contribution in [3.05, 3.63) is 0 Å². The number of likely N-dealkylation sites (tertiary alicyclic amines) is 1. The smallest absolute Gasteiger partial charge is 0.193 e. The molecule has 1 aliphatic rings. The van der Waals surface area contributed by atoms with E-state index >= 15 is 0 Å². The molecule has 1 aliphatic heterocycles. The fourth-order valence-corrected chi connectivity index (χ4v) is 3.02. The third-order valence-corrected chi connectivity index (χ3v) is 4.42. The van der Waals surface area contributed by atoms with Gasteiger partial charge in [-0.05, 0) is 38.2 Å². The van der Waals surface area contributed by atoms with Gasteiger partial charge in [-0.1, -0.05) is 0 Å². The summed E-state index contributed by atoms with van der Waals surface area (Å²) in [5.74, 6) is 2.92. The van der Waals surface area contributed by atoms with Gasteiger partial charge in [0.25, 0.3) is 0 Å².